The van der Waals surface area contributed by atoms with Gasteiger partial charge >= 0.3 is 0 Å². The molecule has 0 spiro atoms. The maximum Gasteiger partial charge on any atom is 0.289 e. The Kier molecular flexibility index (Phi) is 7.02. The average Bonchev–Trinajstić information content (AvgIpc) is 2.95. The summed E-state index contributed by atoms with van der Waals surface area (Å²) in [5.41, 5.74) is 2.00. The van der Waals surface area contributed by atoms with E-state index in [4.69, 9.17) is 9.47 Å². The smallest absolute Gasteiger partial charge is 0.289 e. The van der Waals surface area contributed by atoms with E-state index in [9.17, 15) is 9.59 Å². The normalized spacial score (nSPS) is 16.5. The van der Waals surface area contributed by atoms with Gasteiger partial charge < -0.3 is 9.47 Å². The molecule has 28 heavy (non-hydrogen) atoms. The summed E-state index contributed by atoms with van der Waals surface area (Å²) in [6.07, 6.45) is 0.485. The molecule has 148 valence electrons. The fourth-order valence-electron chi connectivity index (χ4n) is 2.94. The van der Waals surface area contributed by atoms with Crippen molar-refractivity contribution >= 4 is 38.8 Å². The highest BCUT2D eigenvalue weighted by molar-refractivity contribution is 9.10. The third-order valence-electron chi connectivity index (χ3n) is 4.36. The van der Waals surface area contributed by atoms with Gasteiger partial charge in [0, 0.05) is 11.0 Å². The van der Waals surface area contributed by atoms with E-state index in [1.54, 1.807) is 0 Å². The first kappa shape index (κ1) is 20.7. The van der Waals surface area contributed by atoms with Crippen LogP contribution in [0.5, 0.6) is 11.5 Å². The summed E-state index contributed by atoms with van der Waals surface area (Å²) in [5.74, 6) is 1.18. The number of rotatable bonds is 8. The van der Waals surface area contributed by atoms with Crippen LogP contribution in [-0.4, -0.2) is 34.4 Å². The second-order valence-electron chi connectivity index (χ2n) is 6.29. The van der Waals surface area contributed by atoms with Crippen LogP contribution in [0.3, 0.4) is 0 Å². The highest BCUT2D eigenvalue weighted by Gasteiger charge is 2.38. The van der Waals surface area contributed by atoms with Crippen molar-refractivity contribution < 1.29 is 19.1 Å². The van der Waals surface area contributed by atoms with Crippen molar-refractivity contribution in [3.8, 4) is 11.5 Å². The average molecular weight is 464 g/mol. The number of carbonyl (C=O) groups excluding carboxylic acids is 2. The fourth-order valence-corrected chi connectivity index (χ4v) is 4.29. The van der Waals surface area contributed by atoms with E-state index >= 15 is 0 Å². The Morgan fingerprint density at radius 2 is 1.71 bits per heavy atom. The zero-order valence-corrected chi connectivity index (χ0v) is 18.2. The number of amides is 2. The van der Waals surface area contributed by atoms with Gasteiger partial charge in [0.1, 0.15) is 6.61 Å². The lowest BCUT2D eigenvalue weighted by Gasteiger charge is -2.15. The van der Waals surface area contributed by atoms with Gasteiger partial charge in [0.05, 0.1) is 11.9 Å². The number of imide groups is 1. The molecule has 2 aromatic carbocycles. The molecule has 0 aliphatic carbocycles. The number of benzene rings is 2. The van der Waals surface area contributed by atoms with Crippen LogP contribution in [0.15, 0.2) is 46.9 Å². The maximum atomic E-state index is 12.3. The first-order valence-electron chi connectivity index (χ1n) is 9.16. The number of hydrogen-bond acceptors (Lipinski definition) is 5. The molecule has 1 aliphatic heterocycles. The molecule has 0 unspecified atom stereocenters. The van der Waals surface area contributed by atoms with Crippen molar-refractivity contribution in [1.82, 2.24) is 4.90 Å². The lowest BCUT2D eigenvalue weighted by molar-refractivity contribution is -0.126. The van der Waals surface area contributed by atoms with Gasteiger partial charge in [0.25, 0.3) is 5.24 Å². The number of thioether (sulfide) groups is 1. The molecule has 1 fully saturated rings. The van der Waals surface area contributed by atoms with Crippen molar-refractivity contribution in [3.63, 3.8) is 0 Å². The van der Waals surface area contributed by atoms with Crippen LogP contribution in [-0.2, 0) is 17.8 Å². The lowest BCUT2D eigenvalue weighted by Crippen LogP contribution is -2.31. The number of halogens is 1. The Morgan fingerprint density at radius 1 is 1.00 bits per heavy atom. The van der Waals surface area contributed by atoms with Crippen LogP contribution in [0.4, 0.5) is 4.79 Å². The van der Waals surface area contributed by atoms with Gasteiger partial charge in [-0.05, 0) is 55.7 Å². The standard InChI is InChI=1S/C21H22BrNO4S/c1-3-23-20(24)19(28-21(23)25)12-15-7-10-17(18(11-15)26-4-2)27-13-14-5-8-16(22)9-6-14/h5-11,19H,3-4,12-13H2,1-2H3/t19-/m1/s1. The van der Waals surface area contributed by atoms with E-state index < -0.39 is 0 Å². The molecule has 0 saturated carbocycles. The monoisotopic (exact) mass is 463 g/mol. The minimum atomic E-state index is -0.378. The first-order chi connectivity index (χ1) is 13.5. The Morgan fingerprint density at radius 3 is 2.36 bits per heavy atom. The summed E-state index contributed by atoms with van der Waals surface area (Å²) < 4.78 is 12.7. The number of hydrogen-bond donors (Lipinski definition) is 0. The first-order valence-corrected chi connectivity index (χ1v) is 10.8. The topological polar surface area (TPSA) is 55.8 Å². The lowest BCUT2D eigenvalue weighted by atomic mass is 10.1. The molecular weight excluding hydrogens is 442 g/mol. The maximum absolute atomic E-state index is 12.3. The summed E-state index contributed by atoms with van der Waals surface area (Å²) in [7, 11) is 0. The Balaban J connectivity index is 1.71. The van der Waals surface area contributed by atoms with Crippen LogP contribution in [0, 0.1) is 0 Å². The molecule has 7 heteroatoms. The molecule has 5 nitrogen and oxygen atoms in total. The summed E-state index contributed by atoms with van der Waals surface area (Å²) in [6.45, 7) is 5.08. The molecule has 0 bridgehead atoms. The second kappa shape index (κ2) is 9.47. The Bertz CT molecular complexity index is 856. The zero-order valence-electron chi connectivity index (χ0n) is 15.8. The van der Waals surface area contributed by atoms with Gasteiger partial charge in [0.2, 0.25) is 5.91 Å². The van der Waals surface area contributed by atoms with Gasteiger partial charge in [-0.25, -0.2) is 0 Å². The van der Waals surface area contributed by atoms with Crippen LogP contribution < -0.4 is 9.47 Å². The van der Waals surface area contributed by atoms with Gasteiger partial charge in [-0.2, -0.15) is 0 Å². The van der Waals surface area contributed by atoms with Gasteiger partial charge in [0.15, 0.2) is 11.5 Å². The van der Waals surface area contributed by atoms with Crippen molar-refractivity contribution in [2.75, 3.05) is 13.2 Å². The van der Waals surface area contributed by atoms with E-state index in [0.717, 1.165) is 27.4 Å². The van der Waals surface area contributed by atoms with E-state index in [2.05, 4.69) is 15.9 Å². The van der Waals surface area contributed by atoms with Crippen LogP contribution in [0.1, 0.15) is 25.0 Å². The molecule has 1 heterocycles. The molecule has 3 rings (SSSR count). The minimum absolute atomic E-state index is 0.119. The predicted molar refractivity (Wildman–Crippen MR) is 114 cm³/mol. The second-order valence-corrected chi connectivity index (χ2v) is 8.36. The van der Waals surface area contributed by atoms with E-state index in [-0.39, 0.29) is 16.4 Å². The van der Waals surface area contributed by atoms with E-state index in [0.29, 0.717) is 37.7 Å². The summed E-state index contributed by atoms with van der Waals surface area (Å²) in [4.78, 5) is 25.5. The fraction of sp³-hybridized carbons (Fsp3) is 0.333. The molecule has 0 N–H and O–H groups in total. The van der Waals surface area contributed by atoms with E-state index in [1.165, 1.54) is 4.90 Å². The summed E-state index contributed by atoms with van der Waals surface area (Å²) >= 11 is 4.52. The molecule has 1 atom stereocenters. The van der Waals surface area contributed by atoms with Crippen LogP contribution in [0.25, 0.3) is 0 Å². The predicted octanol–water partition coefficient (Wildman–Crippen LogP) is 5.05. The van der Waals surface area contributed by atoms with Crippen LogP contribution in [0.2, 0.25) is 0 Å². The number of ether oxygens (including phenoxy) is 2. The molecule has 1 saturated heterocycles. The number of nitrogens with zero attached hydrogens (tertiary/aromatic N) is 1. The molecule has 2 aromatic rings. The minimum Gasteiger partial charge on any atom is -0.490 e. The molecular formula is C21H22BrNO4S. The van der Waals surface area contributed by atoms with Gasteiger partial charge in [-0.3, -0.25) is 14.5 Å². The molecule has 2 amide bonds. The van der Waals surface area contributed by atoms with E-state index in [1.807, 2.05) is 56.3 Å². The molecule has 0 aromatic heterocycles. The number of carbonyl (C=O) groups is 2. The summed E-state index contributed by atoms with van der Waals surface area (Å²) in [6, 6.07) is 13.6. The van der Waals surface area contributed by atoms with Crippen LogP contribution >= 0.6 is 27.7 Å². The highest BCUT2D eigenvalue weighted by atomic mass is 79.9. The van der Waals surface area contributed by atoms with Crippen molar-refractivity contribution in [1.29, 1.82) is 0 Å². The third-order valence-corrected chi connectivity index (χ3v) is 5.96. The highest BCUT2D eigenvalue weighted by Crippen LogP contribution is 2.33. The zero-order chi connectivity index (χ0) is 20.1. The molecule has 1 aliphatic rings. The van der Waals surface area contributed by atoms with Gasteiger partial charge in [-0.15, -0.1) is 0 Å². The SMILES string of the molecule is CCOc1cc(C[C@H]2SC(=O)N(CC)C2=O)ccc1OCc1ccc(Br)cc1. The Labute approximate surface area is 177 Å². The quantitative estimate of drug-likeness (QED) is 0.547. The van der Waals surface area contributed by atoms with Crippen molar-refractivity contribution in [2.24, 2.45) is 0 Å². The Hall–Kier alpha value is -1.99. The van der Waals surface area contributed by atoms with Gasteiger partial charge in [-0.1, -0.05) is 45.9 Å². The van der Waals surface area contributed by atoms with Crippen molar-refractivity contribution in [2.45, 2.75) is 32.1 Å². The largest absolute Gasteiger partial charge is 0.490 e. The third kappa shape index (κ3) is 4.89. The van der Waals surface area contributed by atoms with Crippen molar-refractivity contribution in [3.05, 3.63) is 58.1 Å². The summed E-state index contributed by atoms with van der Waals surface area (Å²) in [5, 5.41) is -0.548. The molecule has 0 radical (unpaired) electrons.